The van der Waals surface area contributed by atoms with Crippen LogP contribution < -0.4 is 4.90 Å². The molecule has 4 amide bonds. The number of anilines is 1. The van der Waals surface area contributed by atoms with E-state index in [0.717, 1.165) is 74.2 Å². The SMILES string of the molecule is CCCCC(CC)CN(CC(CC)CCCC)c1nc(C(C)(C)C)c(/C=C2\C(=O)N(N(C(C)=O)C(=O)C(C)(C)C)C(=O)C(C#N)=C2C)s1. The zero-order valence-electron chi connectivity index (χ0n) is 31.6. The summed E-state index contributed by atoms with van der Waals surface area (Å²) < 4.78 is 0. The minimum absolute atomic E-state index is 0.0788. The lowest BCUT2D eigenvalue weighted by molar-refractivity contribution is -0.180. The zero-order chi connectivity index (χ0) is 36.6. The molecule has 0 saturated heterocycles. The van der Waals surface area contributed by atoms with Crippen LogP contribution >= 0.6 is 11.3 Å². The summed E-state index contributed by atoms with van der Waals surface area (Å²) in [5.41, 5.74) is -0.660. The van der Waals surface area contributed by atoms with Crippen molar-refractivity contribution in [1.29, 1.82) is 5.26 Å². The minimum atomic E-state index is -1.07. The maximum atomic E-state index is 14.2. The van der Waals surface area contributed by atoms with Gasteiger partial charge in [0.15, 0.2) is 5.13 Å². The van der Waals surface area contributed by atoms with Crippen LogP contribution in [0.4, 0.5) is 5.13 Å². The Hall–Kier alpha value is -3.32. The van der Waals surface area contributed by atoms with E-state index in [1.165, 1.54) is 24.2 Å². The summed E-state index contributed by atoms with van der Waals surface area (Å²) >= 11 is 1.51. The molecule has 0 aliphatic carbocycles. The summed E-state index contributed by atoms with van der Waals surface area (Å²) in [6.07, 6.45) is 10.8. The summed E-state index contributed by atoms with van der Waals surface area (Å²) in [7, 11) is 0. The van der Waals surface area contributed by atoms with Gasteiger partial charge in [0, 0.05) is 36.4 Å². The number of thiazole rings is 1. The Balaban J connectivity index is 2.82. The van der Waals surface area contributed by atoms with Gasteiger partial charge in [-0.05, 0) is 43.3 Å². The topological polar surface area (TPSA) is 115 Å². The first-order valence-corrected chi connectivity index (χ1v) is 18.5. The Morgan fingerprint density at radius 1 is 0.938 bits per heavy atom. The number of rotatable bonds is 15. The molecule has 1 aliphatic heterocycles. The molecular formula is C38H59N5O4S. The van der Waals surface area contributed by atoms with Crippen LogP contribution in [0.15, 0.2) is 16.7 Å². The van der Waals surface area contributed by atoms with E-state index in [2.05, 4.69) is 53.4 Å². The van der Waals surface area contributed by atoms with Gasteiger partial charge in [-0.25, -0.2) is 4.98 Å². The number of unbranched alkanes of at least 4 members (excludes halogenated alkanes) is 2. The van der Waals surface area contributed by atoms with Gasteiger partial charge in [0.25, 0.3) is 17.7 Å². The minimum Gasteiger partial charge on any atom is -0.348 e. The largest absolute Gasteiger partial charge is 0.348 e. The van der Waals surface area contributed by atoms with Gasteiger partial charge in [-0.3, -0.25) is 19.2 Å². The quantitative estimate of drug-likeness (QED) is 0.134. The molecule has 0 aromatic carbocycles. The van der Waals surface area contributed by atoms with Gasteiger partial charge in [-0.15, -0.1) is 0 Å². The average molecular weight is 682 g/mol. The van der Waals surface area contributed by atoms with E-state index < -0.39 is 29.0 Å². The predicted octanol–water partition coefficient (Wildman–Crippen LogP) is 8.61. The lowest BCUT2D eigenvalue weighted by atomic mass is 9.89. The fourth-order valence-corrected chi connectivity index (χ4v) is 7.09. The molecule has 48 heavy (non-hydrogen) atoms. The lowest BCUT2D eigenvalue weighted by Gasteiger charge is -2.37. The van der Waals surface area contributed by atoms with Crippen LogP contribution in [-0.2, 0) is 24.6 Å². The van der Waals surface area contributed by atoms with E-state index in [0.29, 0.717) is 21.9 Å². The number of nitriles is 1. The Bertz CT molecular complexity index is 1420. The molecule has 0 fully saturated rings. The van der Waals surface area contributed by atoms with Gasteiger partial charge in [0.2, 0.25) is 5.91 Å². The van der Waals surface area contributed by atoms with Crippen molar-refractivity contribution in [3.8, 4) is 6.07 Å². The highest BCUT2D eigenvalue weighted by Gasteiger charge is 2.45. The Kier molecular flexibility index (Phi) is 14.8. The second-order valence-electron chi connectivity index (χ2n) is 15.2. The summed E-state index contributed by atoms with van der Waals surface area (Å²) in [6.45, 7) is 24.5. The van der Waals surface area contributed by atoms with Gasteiger partial charge in [0.05, 0.1) is 10.6 Å². The molecule has 1 aliphatic rings. The molecule has 0 N–H and O–H groups in total. The molecular weight excluding hydrogens is 623 g/mol. The third-order valence-electron chi connectivity index (χ3n) is 8.99. The van der Waals surface area contributed by atoms with E-state index in [9.17, 15) is 24.4 Å². The standard InChI is InChI=1S/C38H59N5O4S/c1-13-17-19-27(15-3)23-41(24-28(16-4)20-18-14-2)36-40-32(37(7,8)9)31(48-36)21-29-25(5)30(22-39)34(46)43(33(29)45)42(26(6)44)35(47)38(10,11)12/h21,27-28H,13-20,23-24H2,1-12H3/b29-21-. The maximum absolute atomic E-state index is 14.2. The van der Waals surface area contributed by atoms with Crippen LogP contribution in [0.5, 0.6) is 0 Å². The number of carbonyl (C=O) groups excluding carboxylic acids is 4. The number of imide groups is 2. The molecule has 0 spiro atoms. The van der Waals surface area contributed by atoms with Gasteiger partial charge in [-0.1, -0.05) is 119 Å². The highest BCUT2D eigenvalue weighted by atomic mass is 32.1. The number of carbonyl (C=O) groups is 4. The van der Waals surface area contributed by atoms with Crippen molar-refractivity contribution in [2.75, 3.05) is 18.0 Å². The molecule has 1 aromatic heterocycles. The molecule has 2 rings (SSSR count). The molecule has 0 bridgehead atoms. The van der Waals surface area contributed by atoms with Crippen molar-refractivity contribution in [2.45, 2.75) is 140 Å². The number of hydrogen-bond donors (Lipinski definition) is 0. The van der Waals surface area contributed by atoms with Gasteiger partial charge in [-0.2, -0.15) is 15.3 Å². The van der Waals surface area contributed by atoms with Crippen molar-refractivity contribution in [3.05, 3.63) is 27.3 Å². The van der Waals surface area contributed by atoms with Gasteiger partial charge in [0.1, 0.15) is 11.6 Å². The smallest absolute Gasteiger partial charge is 0.291 e. The van der Waals surface area contributed by atoms with E-state index in [1.807, 2.05) is 6.07 Å². The van der Waals surface area contributed by atoms with E-state index >= 15 is 0 Å². The van der Waals surface area contributed by atoms with E-state index in [4.69, 9.17) is 4.98 Å². The molecule has 0 saturated carbocycles. The van der Waals surface area contributed by atoms with Crippen molar-refractivity contribution in [2.24, 2.45) is 17.3 Å². The van der Waals surface area contributed by atoms with Crippen LogP contribution in [0, 0.1) is 28.6 Å². The number of hydrazine groups is 1. The van der Waals surface area contributed by atoms with Gasteiger partial charge >= 0.3 is 0 Å². The van der Waals surface area contributed by atoms with Crippen LogP contribution in [0.25, 0.3) is 6.08 Å². The monoisotopic (exact) mass is 681 g/mol. The zero-order valence-corrected chi connectivity index (χ0v) is 32.4. The highest BCUT2D eigenvalue weighted by molar-refractivity contribution is 7.16. The van der Waals surface area contributed by atoms with Crippen LogP contribution in [0.3, 0.4) is 0 Å². The van der Waals surface area contributed by atoms with Crippen molar-refractivity contribution < 1.29 is 19.2 Å². The highest BCUT2D eigenvalue weighted by Crippen LogP contribution is 2.39. The number of hydrogen-bond acceptors (Lipinski definition) is 8. The van der Waals surface area contributed by atoms with Crippen molar-refractivity contribution >= 4 is 46.2 Å². The normalized spacial score (nSPS) is 16.3. The first-order valence-electron chi connectivity index (χ1n) is 17.7. The molecule has 1 aromatic rings. The van der Waals surface area contributed by atoms with Crippen molar-refractivity contribution in [1.82, 2.24) is 15.0 Å². The Morgan fingerprint density at radius 3 is 1.85 bits per heavy atom. The van der Waals surface area contributed by atoms with Gasteiger partial charge < -0.3 is 4.90 Å². The fourth-order valence-electron chi connectivity index (χ4n) is 5.85. The lowest BCUT2D eigenvalue weighted by Crippen LogP contribution is -2.59. The summed E-state index contributed by atoms with van der Waals surface area (Å²) in [4.78, 5) is 62.3. The van der Waals surface area contributed by atoms with Crippen LogP contribution in [0.2, 0.25) is 0 Å². The first kappa shape index (κ1) is 40.9. The first-order chi connectivity index (χ1) is 22.4. The molecule has 2 atom stereocenters. The second-order valence-corrected chi connectivity index (χ2v) is 16.2. The molecule has 266 valence electrons. The van der Waals surface area contributed by atoms with E-state index in [1.54, 1.807) is 33.8 Å². The van der Waals surface area contributed by atoms with Crippen molar-refractivity contribution in [3.63, 3.8) is 0 Å². The third-order valence-corrected chi connectivity index (χ3v) is 10.1. The summed E-state index contributed by atoms with van der Waals surface area (Å²) in [5.74, 6) is -2.28. The van der Waals surface area contributed by atoms with Crippen LogP contribution in [0.1, 0.15) is 145 Å². The predicted molar refractivity (Wildman–Crippen MR) is 195 cm³/mol. The summed E-state index contributed by atoms with van der Waals surface area (Å²) in [5, 5.41) is 12.0. The number of nitrogens with zero attached hydrogens (tertiary/aromatic N) is 5. The number of amides is 4. The molecule has 9 nitrogen and oxygen atoms in total. The molecule has 0 radical (unpaired) electrons. The molecule has 2 unspecified atom stereocenters. The van der Waals surface area contributed by atoms with E-state index in [-0.39, 0.29) is 22.1 Å². The Morgan fingerprint density at radius 2 is 1.46 bits per heavy atom. The fraction of sp³-hybridized carbons (Fsp3) is 0.684. The number of aromatic nitrogens is 1. The average Bonchev–Trinajstić information content (AvgIpc) is 3.44. The molecule has 2 heterocycles. The van der Waals surface area contributed by atoms with Crippen LogP contribution in [-0.4, -0.2) is 51.7 Å². The third kappa shape index (κ3) is 9.87. The second kappa shape index (κ2) is 17.4. The maximum Gasteiger partial charge on any atom is 0.291 e. The summed E-state index contributed by atoms with van der Waals surface area (Å²) in [6, 6.07) is 1.92. The Labute approximate surface area is 293 Å². The molecule has 10 heteroatoms.